The molecule has 1 saturated heterocycles. The molecule has 2 heterocycles. The molecule has 7 heteroatoms. The van der Waals surface area contributed by atoms with E-state index in [1.165, 1.54) is 0 Å². The van der Waals surface area contributed by atoms with Crippen LogP contribution >= 0.6 is 24.0 Å². The molecule has 23 heavy (non-hydrogen) atoms. The number of rotatable bonds is 6. The molecule has 1 fully saturated rings. The first-order valence-corrected chi connectivity index (χ1v) is 7.79. The van der Waals surface area contributed by atoms with Gasteiger partial charge in [-0.05, 0) is 25.0 Å². The van der Waals surface area contributed by atoms with Gasteiger partial charge in [0.05, 0.1) is 13.2 Å². The number of likely N-dealkylation sites (tertiary alicyclic amines) is 1. The zero-order chi connectivity index (χ0) is 15.8. The number of hydrogen-bond donors (Lipinski definition) is 1. The summed E-state index contributed by atoms with van der Waals surface area (Å²) in [5.74, 6) is 2.19. The molecule has 0 radical (unpaired) electrons. The van der Waals surface area contributed by atoms with Gasteiger partial charge in [-0.15, -0.1) is 24.0 Å². The van der Waals surface area contributed by atoms with Crippen LogP contribution in [0.3, 0.4) is 0 Å². The number of aromatic nitrogens is 1. The van der Waals surface area contributed by atoms with Crippen LogP contribution in [-0.4, -0.2) is 56.3 Å². The molecule has 130 valence electrons. The van der Waals surface area contributed by atoms with Crippen LogP contribution in [0.2, 0.25) is 0 Å². The molecule has 6 nitrogen and oxygen atoms in total. The Balaban J connectivity index is 0.00000264. The molecule has 1 atom stereocenters. The van der Waals surface area contributed by atoms with E-state index in [1.807, 2.05) is 26.1 Å². The number of halogens is 1. The maximum absolute atomic E-state index is 5.43. The summed E-state index contributed by atoms with van der Waals surface area (Å²) in [4.78, 5) is 10.8. The van der Waals surface area contributed by atoms with Gasteiger partial charge in [0.15, 0.2) is 5.96 Å². The summed E-state index contributed by atoms with van der Waals surface area (Å²) in [6.07, 6.45) is 2.92. The highest BCUT2D eigenvalue weighted by atomic mass is 127. The van der Waals surface area contributed by atoms with Crippen LogP contribution in [0.4, 0.5) is 0 Å². The van der Waals surface area contributed by atoms with E-state index < -0.39 is 0 Å². The average Bonchev–Trinajstić information content (AvgIpc) is 2.98. The average molecular weight is 434 g/mol. The highest BCUT2D eigenvalue weighted by molar-refractivity contribution is 14.0. The maximum atomic E-state index is 5.43. The molecule has 1 aliphatic heterocycles. The number of methoxy groups -OCH3 is 1. The highest BCUT2D eigenvalue weighted by Crippen LogP contribution is 2.16. The van der Waals surface area contributed by atoms with Crippen molar-refractivity contribution in [3.8, 4) is 5.88 Å². The molecular weight excluding hydrogens is 407 g/mol. The second kappa shape index (κ2) is 10.6. The van der Waals surface area contributed by atoms with E-state index in [4.69, 9.17) is 9.47 Å². The fraction of sp³-hybridized carbons (Fsp3) is 0.625. The van der Waals surface area contributed by atoms with Crippen molar-refractivity contribution in [1.29, 1.82) is 0 Å². The molecule has 0 saturated carbocycles. The molecule has 1 aliphatic rings. The van der Waals surface area contributed by atoms with Gasteiger partial charge in [0, 0.05) is 52.0 Å². The summed E-state index contributed by atoms with van der Waals surface area (Å²) in [6, 6.07) is 3.95. The Kier molecular flexibility index (Phi) is 9.23. The van der Waals surface area contributed by atoms with Crippen molar-refractivity contribution < 1.29 is 9.47 Å². The van der Waals surface area contributed by atoms with Gasteiger partial charge in [0.2, 0.25) is 5.88 Å². The number of aliphatic imine (C=N–C) groups is 1. The van der Waals surface area contributed by atoms with Gasteiger partial charge in [-0.1, -0.05) is 0 Å². The molecule has 0 amide bonds. The first-order chi connectivity index (χ1) is 10.8. The van der Waals surface area contributed by atoms with Gasteiger partial charge in [-0.3, -0.25) is 4.99 Å². The van der Waals surface area contributed by atoms with Crippen molar-refractivity contribution in [3.63, 3.8) is 0 Å². The standard InChI is InChI=1S/C16H26N4O2.HI/c1-4-22-15-9-13(5-7-18-15)10-19-16(17-2)20-8-6-14(11-20)12-21-3;/h5,7,9,14H,4,6,8,10-12H2,1-3H3,(H,17,19);1H. The Morgan fingerprint density at radius 3 is 3.04 bits per heavy atom. The fourth-order valence-corrected chi connectivity index (χ4v) is 2.70. The number of pyridine rings is 1. The summed E-state index contributed by atoms with van der Waals surface area (Å²) in [6.45, 7) is 6.12. The minimum absolute atomic E-state index is 0. The third-order valence-electron chi connectivity index (χ3n) is 3.74. The summed E-state index contributed by atoms with van der Waals surface area (Å²) in [7, 11) is 3.58. The summed E-state index contributed by atoms with van der Waals surface area (Å²) < 4.78 is 10.7. The molecule has 1 unspecified atom stereocenters. The molecule has 1 aromatic rings. The van der Waals surface area contributed by atoms with Crippen molar-refractivity contribution >= 4 is 29.9 Å². The molecule has 0 spiro atoms. The molecule has 0 aromatic carbocycles. The second-order valence-electron chi connectivity index (χ2n) is 5.39. The Hall–Kier alpha value is -1.09. The van der Waals surface area contributed by atoms with Crippen LogP contribution in [0.1, 0.15) is 18.9 Å². The maximum Gasteiger partial charge on any atom is 0.213 e. The van der Waals surface area contributed by atoms with Crippen LogP contribution < -0.4 is 10.1 Å². The first kappa shape index (κ1) is 20.0. The summed E-state index contributed by atoms with van der Waals surface area (Å²) >= 11 is 0. The van der Waals surface area contributed by atoms with E-state index >= 15 is 0 Å². The lowest BCUT2D eigenvalue weighted by Gasteiger charge is -2.21. The van der Waals surface area contributed by atoms with Gasteiger partial charge in [0.25, 0.3) is 0 Å². The number of nitrogens with zero attached hydrogens (tertiary/aromatic N) is 3. The van der Waals surface area contributed by atoms with E-state index in [0.29, 0.717) is 24.9 Å². The molecule has 1 N–H and O–H groups in total. The number of nitrogens with one attached hydrogen (secondary N) is 1. The zero-order valence-electron chi connectivity index (χ0n) is 14.1. The SMILES string of the molecule is CCOc1cc(CNC(=NC)N2CCC(COC)C2)ccn1.I. The first-order valence-electron chi connectivity index (χ1n) is 7.79. The Bertz CT molecular complexity index is 499. The van der Waals surface area contributed by atoms with E-state index in [9.17, 15) is 0 Å². The largest absolute Gasteiger partial charge is 0.478 e. The van der Waals surface area contributed by atoms with Gasteiger partial charge < -0.3 is 19.7 Å². The third kappa shape index (κ3) is 6.14. The quantitative estimate of drug-likeness (QED) is 0.423. The smallest absolute Gasteiger partial charge is 0.213 e. The predicted molar refractivity (Wildman–Crippen MR) is 103 cm³/mol. The van der Waals surface area contributed by atoms with Gasteiger partial charge in [0.1, 0.15) is 0 Å². The van der Waals surface area contributed by atoms with Gasteiger partial charge in [-0.25, -0.2) is 4.98 Å². The van der Waals surface area contributed by atoms with E-state index in [-0.39, 0.29) is 24.0 Å². The van der Waals surface area contributed by atoms with Crippen LogP contribution in [0.25, 0.3) is 0 Å². The third-order valence-corrected chi connectivity index (χ3v) is 3.74. The van der Waals surface area contributed by atoms with Crippen LogP contribution in [0, 0.1) is 5.92 Å². The van der Waals surface area contributed by atoms with Crippen molar-refractivity contribution in [2.45, 2.75) is 19.9 Å². The monoisotopic (exact) mass is 434 g/mol. The minimum atomic E-state index is 0. The molecule has 1 aromatic heterocycles. The lowest BCUT2D eigenvalue weighted by atomic mass is 10.1. The van der Waals surface area contributed by atoms with E-state index in [2.05, 4.69) is 20.2 Å². The lowest BCUT2D eigenvalue weighted by molar-refractivity contribution is 0.157. The predicted octanol–water partition coefficient (Wildman–Crippen LogP) is 2.14. The molecule has 0 bridgehead atoms. The van der Waals surface area contributed by atoms with E-state index in [1.54, 1.807) is 13.3 Å². The number of guanidine groups is 1. The minimum Gasteiger partial charge on any atom is -0.478 e. The Labute approximate surface area is 155 Å². The van der Waals surface area contributed by atoms with Crippen LogP contribution in [0.15, 0.2) is 23.3 Å². The van der Waals surface area contributed by atoms with Crippen LogP contribution in [0.5, 0.6) is 5.88 Å². The number of ether oxygens (including phenoxy) is 2. The second-order valence-corrected chi connectivity index (χ2v) is 5.39. The number of hydrogen-bond acceptors (Lipinski definition) is 4. The van der Waals surface area contributed by atoms with Gasteiger partial charge in [-0.2, -0.15) is 0 Å². The Morgan fingerprint density at radius 2 is 2.35 bits per heavy atom. The summed E-state index contributed by atoms with van der Waals surface area (Å²) in [5, 5.41) is 3.41. The fourth-order valence-electron chi connectivity index (χ4n) is 2.70. The topological polar surface area (TPSA) is 59.0 Å². The van der Waals surface area contributed by atoms with Crippen molar-refractivity contribution in [1.82, 2.24) is 15.2 Å². The zero-order valence-corrected chi connectivity index (χ0v) is 16.4. The van der Waals surface area contributed by atoms with Crippen LogP contribution in [-0.2, 0) is 11.3 Å². The lowest BCUT2D eigenvalue weighted by Crippen LogP contribution is -2.39. The molecule has 0 aliphatic carbocycles. The normalized spacial score (nSPS) is 17.8. The molecular formula is C16H27IN4O2. The van der Waals surface area contributed by atoms with Crippen molar-refractivity contribution in [3.05, 3.63) is 23.9 Å². The summed E-state index contributed by atoms with van der Waals surface area (Å²) in [5.41, 5.74) is 1.13. The van der Waals surface area contributed by atoms with Crippen molar-refractivity contribution in [2.75, 3.05) is 40.5 Å². The Morgan fingerprint density at radius 1 is 1.52 bits per heavy atom. The van der Waals surface area contributed by atoms with Gasteiger partial charge >= 0.3 is 0 Å². The highest BCUT2D eigenvalue weighted by Gasteiger charge is 2.24. The van der Waals surface area contributed by atoms with E-state index in [0.717, 1.165) is 37.6 Å². The molecule has 2 rings (SSSR count). The van der Waals surface area contributed by atoms with Crippen molar-refractivity contribution in [2.24, 2.45) is 10.9 Å².